The third-order valence-electron chi connectivity index (χ3n) is 4.58. The van der Waals surface area contributed by atoms with E-state index >= 15 is 0 Å². The molecule has 0 bridgehead atoms. The molecule has 2 aliphatic rings. The molecule has 0 spiro atoms. The van der Waals surface area contributed by atoms with E-state index in [2.05, 4.69) is 67.3 Å². The Morgan fingerprint density at radius 1 is 1.19 bits per heavy atom. The largest absolute Gasteiger partial charge is 0.296 e. The third-order valence-corrected chi connectivity index (χ3v) is 4.84. The monoisotopic (exact) mass is 366 g/mol. The number of hydrogen-bond donors (Lipinski definition) is 1. The highest BCUT2D eigenvalue weighted by atomic mass is 32.1. The molecule has 0 aromatic carbocycles. The maximum absolute atomic E-state index is 12.2. The first-order valence-corrected chi connectivity index (χ1v) is 8.97. The van der Waals surface area contributed by atoms with Crippen molar-refractivity contribution in [1.29, 1.82) is 0 Å². The first-order valence-electron chi connectivity index (χ1n) is 8.56. The maximum atomic E-state index is 12.2. The summed E-state index contributed by atoms with van der Waals surface area (Å²) in [6.07, 6.45) is 1.70. The number of fused-ring (bicyclic) bond motifs is 1. The molecule has 1 aromatic heterocycles. The predicted octanol–water partition coefficient (Wildman–Crippen LogP) is 4.34. The molecule has 6 heteroatoms. The van der Waals surface area contributed by atoms with Crippen LogP contribution in [-0.2, 0) is 0 Å². The van der Waals surface area contributed by atoms with Crippen molar-refractivity contribution >= 4 is 18.4 Å². The normalized spacial score (nSPS) is 11.8. The van der Waals surface area contributed by atoms with Crippen LogP contribution in [0.2, 0.25) is 0 Å². The van der Waals surface area contributed by atoms with Gasteiger partial charge >= 0.3 is 0 Å². The zero-order chi connectivity index (χ0) is 19.0. The summed E-state index contributed by atoms with van der Waals surface area (Å²) in [6.45, 7) is 10.2. The zero-order valence-electron chi connectivity index (χ0n) is 15.6. The first kappa shape index (κ1) is 18.2. The van der Waals surface area contributed by atoms with Crippen LogP contribution in [-0.4, -0.2) is 21.1 Å². The second-order valence-electron chi connectivity index (χ2n) is 6.86. The zero-order valence-corrected chi connectivity index (χ0v) is 16.4. The minimum atomic E-state index is -0.318. The number of aromatic nitrogens is 3. The van der Waals surface area contributed by atoms with Gasteiger partial charge in [-0.15, -0.1) is 0 Å². The smallest absolute Gasteiger partial charge is 0.265 e. The molecule has 1 aromatic rings. The number of nitrogens with one attached hydrogen (secondary N) is 1. The summed E-state index contributed by atoms with van der Waals surface area (Å²) in [5, 5.41) is 10.8. The number of nitrogens with zero attached hydrogens (tertiary/aromatic N) is 3. The summed E-state index contributed by atoms with van der Waals surface area (Å²) in [4.78, 5) is 12.2. The van der Waals surface area contributed by atoms with E-state index < -0.39 is 0 Å². The molecule has 0 saturated carbocycles. The summed E-state index contributed by atoms with van der Waals surface area (Å²) in [6, 6.07) is 8.66. The molecule has 0 amide bonds. The van der Waals surface area contributed by atoms with Gasteiger partial charge in [-0.3, -0.25) is 9.89 Å². The molecule has 0 fully saturated rings. The fourth-order valence-corrected chi connectivity index (χ4v) is 3.22. The Bertz CT molecular complexity index is 1090. The van der Waals surface area contributed by atoms with Gasteiger partial charge in [-0.1, -0.05) is 32.0 Å². The van der Waals surface area contributed by atoms with Crippen LogP contribution >= 0.6 is 12.2 Å². The predicted molar refractivity (Wildman–Crippen MR) is 108 cm³/mol. The van der Waals surface area contributed by atoms with Gasteiger partial charge in [0, 0.05) is 5.56 Å². The van der Waals surface area contributed by atoms with Crippen LogP contribution in [0.5, 0.6) is 0 Å². The van der Waals surface area contributed by atoms with E-state index in [4.69, 9.17) is 12.2 Å². The van der Waals surface area contributed by atoms with Crippen LogP contribution in [0, 0.1) is 25.5 Å². The van der Waals surface area contributed by atoms with Gasteiger partial charge in [0.2, 0.25) is 4.77 Å². The summed E-state index contributed by atoms with van der Waals surface area (Å²) < 4.78 is 1.35. The number of aromatic amines is 1. The van der Waals surface area contributed by atoms with Crippen LogP contribution in [0.3, 0.4) is 0 Å². The standard InChI is InChI=1S/C20H22N4OS/c1-11(2)15-7-6-12(3)18-16(8-13(4)17(18)9-15)10-21-24-19(25)14(5)22-23-20(24)26/h6-11H,1-5H3,(H,23,26)/b21-10-. The molecule has 2 aliphatic carbocycles. The highest BCUT2D eigenvalue weighted by Gasteiger charge is 2.15. The number of aryl methyl sites for hydroxylation is 3. The number of rotatable bonds is 3. The fourth-order valence-electron chi connectivity index (χ4n) is 3.04. The minimum Gasteiger partial charge on any atom is -0.265 e. The Labute approximate surface area is 157 Å². The summed E-state index contributed by atoms with van der Waals surface area (Å²) in [5.74, 6) is 0.452. The van der Waals surface area contributed by atoms with Gasteiger partial charge in [-0.25, -0.2) is 0 Å². The second kappa shape index (κ2) is 6.96. The average molecular weight is 366 g/mol. The quantitative estimate of drug-likeness (QED) is 0.554. The van der Waals surface area contributed by atoms with Gasteiger partial charge < -0.3 is 0 Å². The highest BCUT2D eigenvalue weighted by Crippen LogP contribution is 2.35. The second-order valence-corrected chi connectivity index (χ2v) is 7.25. The van der Waals surface area contributed by atoms with E-state index in [1.807, 2.05) is 0 Å². The molecule has 0 radical (unpaired) electrons. The minimum absolute atomic E-state index is 0.175. The molecule has 1 N–H and O–H groups in total. The van der Waals surface area contributed by atoms with E-state index in [9.17, 15) is 4.79 Å². The highest BCUT2D eigenvalue weighted by molar-refractivity contribution is 7.71. The van der Waals surface area contributed by atoms with E-state index in [1.54, 1.807) is 13.1 Å². The van der Waals surface area contributed by atoms with Crippen molar-refractivity contribution in [3.8, 4) is 11.1 Å². The average Bonchev–Trinajstić information content (AvgIpc) is 2.78. The molecular formula is C20H22N4OS. The molecule has 0 unspecified atom stereocenters. The van der Waals surface area contributed by atoms with Crippen LogP contribution in [0.15, 0.2) is 34.2 Å². The Kier molecular flexibility index (Phi) is 4.87. The lowest BCUT2D eigenvalue weighted by Crippen LogP contribution is -2.22. The molecular weight excluding hydrogens is 344 g/mol. The molecule has 0 saturated heterocycles. The Hall–Kier alpha value is -2.60. The summed E-state index contributed by atoms with van der Waals surface area (Å²) >= 11 is 5.13. The van der Waals surface area contributed by atoms with E-state index in [0.29, 0.717) is 11.6 Å². The van der Waals surface area contributed by atoms with Crippen molar-refractivity contribution in [2.75, 3.05) is 0 Å². The van der Waals surface area contributed by atoms with Gasteiger partial charge in [0.05, 0.1) is 6.21 Å². The number of H-pyrrole nitrogens is 1. The molecule has 0 atom stereocenters. The van der Waals surface area contributed by atoms with Crippen LogP contribution in [0.1, 0.15) is 47.7 Å². The van der Waals surface area contributed by atoms with Gasteiger partial charge in [-0.2, -0.15) is 14.9 Å². The molecule has 26 heavy (non-hydrogen) atoms. The maximum Gasteiger partial charge on any atom is 0.296 e. The molecule has 0 aliphatic heterocycles. The molecule has 134 valence electrons. The lowest BCUT2D eigenvalue weighted by molar-refractivity contribution is 0.720. The Morgan fingerprint density at radius 3 is 2.62 bits per heavy atom. The third kappa shape index (κ3) is 3.24. The molecule has 5 nitrogen and oxygen atoms in total. The van der Waals surface area contributed by atoms with Gasteiger partial charge in [0.25, 0.3) is 5.56 Å². The SMILES string of the molecule is Cc1cc(/C=N\n2c(=S)[nH]nc(C)c2=O)c2c(C)ccc(C(C)C)cc1-2. The molecule has 3 rings (SSSR count). The lowest BCUT2D eigenvalue weighted by Gasteiger charge is -2.04. The van der Waals surface area contributed by atoms with E-state index in [-0.39, 0.29) is 10.3 Å². The van der Waals surface area contributed by atoms with Crippen molar-refractivity contribution in [2.24, 2.45) is 5.10 Å². The van der Waals surface area contributed by atoms with E-state index in [0.717, 1.165) is 11.1 Å². The Balaban J connectivity index is 2.16. The van der Waals surface area contributed by atoms with Crippen molar-refractivity contribution in [3.63, 3.8) is 0 Å². The summed E-state index contributed by atoms with van der Waals surface area (Å²) in [7, 11) is 0. The van der Waals surface area contributed by atoms with Gasteiger partial charge in [0.1, 0.15) is 5.69 Å². The van der Waals surface area contributed by atoms with Crippen molar-refractivity contribution < 1.29 is 0 Å². The van der Waals surface area contributed by atoms with Crippen LogP contribution < -0.4 is 5.56 Å². The van der Waals surface area contributed by atoms with Crippen molar-refractivity contribution in [3.05, 3.63) is 67.3 Å². The van der Waals surface area contributed by atoms with Gasteiger partial charge in [-0.05, 0) is 72.8 Å². The first-order chi connectivity index (χ1) is 12.3. The number of hydrogen-bond acceptors (Lipinski definition) is 4. The summed E-state index contributed by atoms with van der Waals surface area (Å²) in [5.41, 5.74) is 6.98. The van der Waals surface area contributed by atoms with Crippen LogP contribution in [0.4, 0.5) is 0 Å². The van der Waals surface area contributed by atoms with E-state index in [1.165, 1.54) is 26.9 Å². The Morgan fingerprint density at radius 2 is 1.92 bits per heavy atom. The van der Waals surface area contributed by atoms with Crippen LogP contribution in [0.25, 0.3) is 11.1 Å². The van der Waals surface area contributed by atoms with Crippen molar-refractivity contribution in [2.45, 2.75) is 40.5 Å². The van der Waals surface area contributed by atoms with Crippen molar-refractivity contribution in [1.82, 2.24) is 14.9 Å². The molecule has 1 heterocycles. The lowest BCUT2D eigenvalue weighted by atomic mass is 10.0. The van der Waals surface area contributed by atoms with Gasteiger partial charge in [0.15, 0.2) is 0 Å². The fraction of sp³-hybridized carbons (Fsp3) is 0.300. The topological polar surface area (TPSA) is 63.0 Å².